The Kier molecular flexibility index (Phi) is 4.66. The molecular weight excluding hydrogens is 416 g/mol. The zero-order valence-electron chi connectivity index (χ0n) is 16.7. The van der Waals surface area contributed by atoms with Crippen LogP contribution in [0.1, 0.15) is 23.2 Å². The Balaban J connectivity index is 1.46. The fraction of sp³-hybridized carbons (Fsp3) is 0.130. The third-order valence-corrected chi connectivity index (χ3v) is 5.37. The molecule has 2 aromatic heterocycles. The highest BCUT2D eigenvalue weighted by atomic mass is 19.1. The van der Waals surface area contributed by atoms with E-state index in [9.17, 15) is 18.4 Å². The van der Waals surface area contributed by atoms with Gasteiger partial charge in [-0.15, -0.1) is 0 Å². The van der Waals surface area contributed by atoms with Gasteiger partial charge in [-0.2, -0.15) is 0 Å². The van der Waals surface area contributed by atoms with Crippen molar-refractivity contribution >= 4 is 28.7 Å². The number of aromatic nitrogens is 3. The lowest BCUT2D eigenvalue weighted by atomic mass is 10.0. The zero-order chi connectivity index (χ0) is 22.4. The fourth-order valence-corrected chi connectivity index (χ4v) is 3.53. The number of benzene rings is 2. The quantitative estimate of drug-likeness (QED) is 0.441. The maximum atomic E-state index is 14.9. The molecule has 0 spiro atoms. The Morgan fingerprint density at radius 2 is 1.78 bits per heavy atom. The molecule has 0 unspecified atom stereocenters. The summed E-state index contributed by atoms with van der Waals surface area (Å²) < 4.78 is 29.6. The van der Waals surface area contributed by atoms with Crippen molar-refractivity contribution in [2.75, 3.05) is 5.32 Å². The Morgan fingerprint density at radius 3 is 2.47 bits per heavy atom. The van der Waals surface area contributed by atoms with Crippen LogP contribution in [0.5, 0.6) is 0 Å². The highest BCUT2D eigenvalue weighted by Crippen LogP contribution is 2.32. The largest absolute Gasteiger partial charge is 0.366 e. The van der Waals surface area contributed by atoms with Crippen molar-refractivity contribution in [3.8, 4) is 22.5 Å². The molecule has 2 aromatic carbocycles. The standard InChI is InChI=1S/C23H17F2N5O2/c24-17-9-12(14-6-4-13(10-18(14)25)28-23(32)11-1-2-11)3-5-15(17)21-29-19-16(20(26)31)7-8-27-22(19)30-21/h3-11H,1-2H2,(H2,26,31)(H,28,32)(H,27,29,30). The van der Waals surface area contributed by atoms with Crippen LogP contribution in [0.4, 0.5) is 14.5 Å². The number of nitrogens with one attached hydrogen (secondary N) is 2. The molecule has 4 N–H and O–H groups in total. The zero-order valence-corrected chi connectivity index (χ0v) is 16.7. The van der Waals surface area contributed by atoms with Crippen LogP contribution >= 0.6 is 0 Å². The van der Waals surface area contributed by atoms with E-state index < -0.39 is 17.5 Å². The van der Waals surface area contributed by atoms with Gasteiger partial charge >= 0.3 is 0 Å². The van der Waals surface area contributed by atoms with Crippen LogP contribution in [0.2, 0.25) is 0 Å². The second kappa shape index (κ2) is 7.52. The highest BCUT2D eigenvalue weighted by Gasteiger charge is 2.29. The molecule has 1 aliphatic carbocycles. The first kappa shape index (κ1) is 19.8. The number of fused-ring (bicyclic) bond motifs is 1. The second-order valence-electron chi connectivity index (χ2n) is 7.66. The minimum atomic E-state index is -0.668. The molecule has 2 heterocycles. The summed E-state index contributed by atoms with van der Waals surface area (Å²) in [5.74, 6) is -1.82. The molecule has 7 nitrogen and oxygen atoms in total. The summed E-state index contributed by atoms with van der Waals surface area (Å²) in [6.07, 6.45) is 3.11. The molecule has 1 fully saturated rings. The number of nitrogens with zero attached hydrogens (tertiary/aromatic N) is 2. The van der Waals surface area contributed by atoms with Crippen molar-refractivity contribution in [2.24, 2.45) is 11.7 Å². The van der Waals surface area contributed by atoms with Crippen molar-refractivity contribution < 1.29 is 18.4 Å². The minimum Gasteiger partial charge on any atom is -0.366 e. The van der Waals surface area contributed by atoms with Crippen LogP contribution < -0.4 is 11.1 Å². The van der Waals surface area contributed by atoms with Crippen LogP contribution in [-0.2, 0) is 4.79 Å². The number of imidazole rings is 1. The molecule has 32 heavy (non-hydrogen) atoms. The lowest BCUT2D eigenvalue weighted by Gasteiger charge is -2.09. The Morgan fingerprint density at radius 1 is 1.03 bits per heavy atom. The second-order valence-corrected chi connectivity index (χ2v) is 7.66. The summed E-state index contributed by atoms with van der Waals surface area (Å²) >= 11 is 0. The Hall–Kier alpha value is -4.14. The summed E-state index contributed by atoms with van der Waals surface area (Å²) in [7, 11) is 0. The Labute approximate surface area is 180 Å². The number of hydrogen-bond acceptors (Lipinski definition) is 4. The van der Waals surface area contributed by atoms with Gasteiger partial charge in [-0.05, 0) is 54.8 Å². The van der Waals surface area contributed by atoms with Crippen molar-refractivity contribution in [3.63, 3.8) is 0 Å². The molecule has 0 saturated heterocycles. The van der Waals surface area contributed by atoms with E-state index >= 15 is 0 Å². The van der Waals surface area contributed by atoms with E-state index in [1.54, 1.807) is 12.1 Å². The first-order valence-corrected chi connectivity index (χ1v) is 9.96. The number of halogens is 2. The molecular formula is C23H17F2N5O2. The molecule has 0 aliphatic heterocycles. The predicted molar refractivity (Wildman–Crippen MR) is 115 cm³/mol. The van der Waals surface area contributed by atoms with E-state index in [0.717, 1.165) is 12.8 Å². The number of H-pyrrole nitrogens is 1. The van der Waals surface area contributed by atoms with Gasteiger partial charge in [-0.25, -0.2) is 18.7 Å². The third kappa shape index (κ3) is 3.58. The number of anilines is 1. The lowest BCUT2D eigenvalue weighted by molar-refractivity contribution is -0.117. The van der Waals surface area contributed by atoms with Gasteiger partial charge in [0.1, 0.15) is 23.0 Å². The Bertz CT molecular complexity index is 1390. The lowest BCUT2D eigenvalue weighted by Crippen LogP contribution is -2.13. The number of hydrogen-bond donors (Lipinski definition) is 3. The number of carbonyl (C=O) groups excluding carboxylic acids is 2. The molecule has 1 saturated carbocycles. The summed E-state index contributed by atoms with van der Waals surface area (Å²) in [4.78, 5) is 34.7. The average molecular weight is 433 g/mol. The topological polar surface area (TPSA) is 114 Å². The van der Waals surface area contributed by atoms with E-state index in [1.165, 1.54) is 36.5 Å². The number of carbonyl (C=O) groups is 2. The molecule has 2 amide bonds. The van der Waals surface area contributed by atoms with Gasteiger partial charge in [0.15, 0.2) is 5.65 Å². The van der Waals surface area contributed by atoms with Crippen molar-refractivity contribution in [2.45, 2.75) is 12.8 Å². The van der Waals surface area contributed by atoms with Crippen LogP contribution in [-0.4, -0.2) is 26.8 Å². The molecule has 160 valence electrons. The van der Waals surface area contributed by atoms with Crippen molar-refractivity contribution in [1.29, 1.82) is 0 Å². The highest BCUT2D eigenvalue weighted by molar-refractivity contribution is 6.03. The molecule has 0 bridgehead atoms. The molecule has 9 heteroatoms. The average Bonchev–Trinajstić information content (AvgIpc) is 3.52. The van der Waals surface area contributed by atoms with Gasteiger partial charge in [0, 0.05) is 23.4 Å². The number of pyridine rings is 1. The van der Waals surface area contributed by atoms with E-state index in [1.807, 2.05) is 0 Å². The molecule has 0 radical (unpaired) electrons. The number of rotatable bonds is 5. The number of primary amides is 1. The maximum Gasteiger partial charge on any atom is 0.251 e. The molecule has 4 aromatic rings. The van der Waals surface area contributed by atoms with E-state index in [4.69, 9.17) is 5.73 Å². The van der Waals surface area contributed by atoms with E-state index in [2.05, 4.69) is 20.3 Å². The smallest absolute Gasteiger partial charge is 0.251 e. The van der Waals surface area contributed by atoms with Gasteiger partial charge in [-0.1, -0.05) is 6.07 Å². The number of aromatic amines is 1. The van der Waals surface area contributed by atoms with Gasteiger partial charge in [0.05, 0.1) is 11.1 Å². The summed E-state index contributed by atoms with van der Waals surface area (Å²) in [6.45, 7) is 0. The van der Waals surface area contributed by atoms with Crippen molar-refractivity contribution in [3.05, 3.63) is 65.9 Å². The van der Waals surface area contributed by atoms with Crippen molar-refractivity contribution in [1.82, 2.24) is 15.0 Å². The fourth-order valence-electron chi connectivity index (χ4n) is 3.53. The van der Waals surface area contributed by atoms with Gasteiger partial charge in [-0.3, -0.25) is 9.59 Å². The normalized spacial score (nSPS) is 13.3. The number of nitrogens with two attached hydrogens (primary N) is 1. The summed E-state index contributed by atoms with van der Waals surface area (Å²) in [6, 6.07) is 9.97. The third-order valence-electron chi connectivity index (χ3n) is 5.37. The molecule has 1 aliphatic rings. The van der Waals surface area contributed by atoms with Crippen LogP contribution in [0.25, 0.3) is 33.7 Å². The first-order valence-electron chi connectivity index (χ1n) is 9.96. The van der Waals surface area contributed by atoms with Gasteiger partial charge in [0.2, 0.25) is 5.91 Å². The molecule has 5 rings (SSSR count). The number of amides is 2. The van der Waals surface area contributed by atoms with E-state index in [-0.39, 0.29) is 39.9 Å². The van der Waals surface area contributed by atoms with Crippen LogP contribution in [0, 0.1) is 17.6 Å². The molecule has 0 atom stereocenters. The van der Waals surface area contributed by atoms with Gasteiger partial charge < -0.3 is 16.0 Å². The summed E-state index contributed by atoms with van der Waals surface area (Å²) in [5, 5.41) is 2.69. The predicted octanol–water partition coefficient (Wildman–Crippen LogP) is 4.02. The van der Waals surface area contributed by atoms with Crippen LogP contribution in [0.3, 0.4) is 0 Å². The van der Waals surface area contributed by atoms with E-state index in [0.29, 0.717) is 16.9 Å². The SMILES string of the molecule is NC(=O)c1ccnc2[nH]c(-c3ccc(-c4ccc(NC(=O)C5CC5)cc4F)cc3F)nc12. The maximum absolute atomic E-state index is 14.9. The van der Waals surface area contributed by atoms with Gasteiger partial charge in [0.25, 0.3) is 5.91 Å². The summed E-state index contributed by atoms with van der Waals surface area (Å²) in [5.41, 5.74) is 7.10. The minimum absolute atomic E-state index is 0.00637. The monoisotopic (exact) mass is 433 g/mol. The first-order chi connectivity index (χ1) is 15.4. The van der Waals surface area contributed by atoms with Crippen LogP contribution in [0.15, 0.2) is 48.7 Å².